The van der Waals surface area contributed by atoms with E-state index in [4.69, 9.17) is 9.84 Å². The first-order valence-corrected chi connectivity index (χ1v) is 5.42. The van der Waals surface area contributed by atoms with E-state index in [1.165, 1.54) is 4.90 Å². The molecule has 90 valence electrons. The van der Waals surface area contributed by atoms with Crippen LogP contribution >= 0.6 is 0 Å². The Hall–Kier alpha value is -2.04. The maximum absolute atomic E-state index is 11.6. The predicted molar refractivity (Wildman–Crippen MR) is 61.1 cm³/mol. The van der Waals surface area contributed by atoms with Gasteiger partial charge in [-0.15, -0.1) is 0 Å². The van der Waals surface area contributed by atoms with Crippen molar-refractivity contribution >= 4 is 17.7 Å². The van der Waals surface area contributed by atoms with Gasteiger partial charge in [0.15, 0.2) is 0 Å². The lowest BCUT2D eigenvalue weighted by atomic mass is 10.1. The van der Waals surface area contributed by atoms with Crippen LogP contribution < -0.4 is 4.90 Å². The second kappa shape index (κ2) is 4.86. The fourth-order valence-electron chi connectivity index (χ4n) is 1.86. The summed E-state index contributed by atoms with van der Waals surface area (Å²) >= 11 is 0. The average molecular weight is 235 g/mol. The Morgan fingerprint density at radius 3 is 2.88 bits per heavy atom. The highest BCUT2D eigenvalue weighted by Gasteiger charge is 2.23. The maximum Gasteiger partial charge on any atom is 0.414 e. The summed E-state index contributed by atoms with van der Waals surface area (Å²) in [5.74, 6) is -0.914. The third-order valence-electron chi connectivity index (χ3n) is 2.60. The molecule has 1 N–H and O–H groups in total. The zero-order chi connectivity index (χ0) is 12.3. The number of carbonyl (C=O) groups is 2. The first-order chi connectivity index (χ1) is 8.18. The quantitative estimate of drug-likeness (QED) is 0.865. The smallest absolute Gasteiger partial charge is 0.414 e. The highest BCUT2D eigenvalue weighted by molar-refractivity contribution is 5.90. The first-order valence-electron chi connectivity index (χ1n) is 5.42. The third-order valence-corrected chi connectivity index (χ3v) is 2.60. The van der Waals surface area contributed by atoms with Gasteiger partial charge < -0.3 is 9.84 Å². The zero-order valence-electron chi connectivity index (χ0n) is 9.26. The van der Waals surface area contributed by atoms with E-state index in [0.717, 1.165) is 6.42 Å². The predicted octanol–water partition coefficient (Wildman–Crippen LogP) is 1.66. The van der Waals surface area contributed by atoms with E-state index >= 15 is 0 Å². The van der Waals surface area contributed by atoms with Crippen LogP contribution in [-0.2, 0) is 16.0 Å². The molecule has 1 aromatic carbocycles. The van der Waals surface area contributed by atoms with Crippen molar-refractivity contribution in [2.75, 3.05) is 18.1 Å². The standard InChI is InChI=1S/C12H13NO4/c14-11(15)8-9-4-1-2-5-10(9)13-6-3-7-17-12(13)16/h1-2,4-5H,3,6-8H2,(H,14,15). The fraction of sp³-hybridized carbons (Fsp3) is 0.333. The molecule has 5 nitrogen and oxygen atoms in total. The van der Waals surface area contributed by atoms with E-state index in [2.05, 4.69) is 0 Å². The Bertz CT molecular complexity index is 444. The van der Waals surface area contributed by atoms with Crippen molar-refractivity contribution in [2.45, 2.75) is 12.8 Å². The molecule has 1 saturated heterocycles. The van der Waals surface area contributed by atoms with Crippen LogP contribution in [0.2, 0.25) is 0 Å². The number of carboxylic acid groups (broad SMARTS) is 1. The number of carbonyl (C=O) groups excluding carboxylic acids is 1. The van der Waals surface area contributed by atoms with Crippen LogP contribution in [0, 0.1) is 0 Å². The van der Waals surface area contributed by atoms with E-state index in [-0.39, 0.29) is 6.42 Å². The lowest BCUT2D eigenvalue weighted by Crippen LogP contribution is -2.38. The molecule has 0 unspecified atom stereocenters. The average Bonchev–Trinajstić information content (AvgIpc) is 2.30. The van der Waals surface area contributed by atoms with Gasteiger partial charge in [0, 0.05) is 6.54 Å². The molecule has 2 rings (SSSR count). The van der Waals surface area contributed by atoms with Gasteiger partial charge in [0.1, 0.15) is 0 Å². The molecule has 1 aliphatic rings. The summed E-state index contributed by atoms with van der Waals surface area (Å²) in [4.78, 5) is 23.8. The number of nitrogens with zero attached hydrogens (tertiary/aromatic N) is 1. The van der Waals surface area contributed by atoms with Crippen molar-refractivity contribution in [1.82, 2.24) is 0 Å². The number of ether oxygens (including phenoxy) is 1. The molecule has 0 aromatic heterocycles. The number of rotatable bonds is 3. The van der Waals surface area contributed by atoms with Gasteiger partial charge >= 0.3 is 12.1 Å². The van der Waals surface area contributed by atoms with Gasteiger partial charge in [-0.1, -0.05) is 18.2 Å². The molecule has 17 heavy (non-hydrogen) atoms. The largest absolute Gasteiger partial charge is 0.481 e. The normalized spacial score (nSPS) is 15.5. The minimum atomic E-state index is -0.914. The summed E-state index contributed by atoms with van der Waals surface area (Å²) in [7, 11) is 0. The second-order valence-electron chi connectivity index (χ2n) is 3.82. The molecule has 0 aliphatic carbocycles. The Labute approximate surface area is 98.6 Å². The van der Waals surface area contributed by atoms with Crippen molar-refractivity contribution in [2.24, 2.45) is 0 Å². The number of hydrogen-bond donors (Lipinski definition) is 1. The summed E-state index contributed by atoms with van der Waals surface area (Å²) in [5.41, 5.74) is 1.25. The topological polar surface area (TPSA) is 66.8 Å². The molecule has 0 radical (unpaired) electrons. The highest BCUT2D eigenvalue weighted by Crippen LogP contribution is 2.23. The molecule has 0 spiro atoms. The van der Waals surface area contributed by atoms with E-state index in [1.54, 1.807) is 24.3 Å². The highest BCUT2D eigenvalue weighted by atomic mass is 16.6. The molecule has 5 heteroatoms. The minimum absolute atomic E-state index is 0.0973. The van der Waals surface area contributed by atoms with Crippen LogP contribution in [0.4, 0.5) is 10.5 Å². The maximum atomic E-state index is 11.6. The molecule has 0 saturated carbocycles. The number of anilines is 1. The Morgan fingerprint density at radius 2 is 2.18 bits per heavy atom. The van der Waals surface area contributed by atoms with Gasteiger partial charge in [0.05, 0.1) is 18.7 Å². The van der Waals surface area contributed by atoms with Gasteiger partial charge in [-0.05, 0) is 18.1 Å². The number of benzene rings is 1. The number of para-hydroxylation sites is 1. The molecule has 1 aliphatic heterocycles. The van der Waals surface area contributed by atoms with Gasteiger partial charge in [-0.2, -0.15) is 0 Å². The van der Waals surface area contributed by atoms with Crippen molar-refractivity contribution in [1.29, 1.82) is 0 Å². The van der Waals surface area contributed by atoms with E-state index in [9.17, 15) is 9.59 Å². The van der Waals surface area contributed by atoms with Crippen LogP contribution in [0.25, 0.3) is 0 Å². The monoisotopic (exact) mass is 235 g/mol. The van der Waals surface area contributed by atoms with Gasteiger partial charge in [-0.3, -0.25) is 9.69 Å². The molecule has 1 heterocycles. The third kappa shape index (κ3) is 2.55. The van der Waals surface area contributed by atoms with Gasteiger partial charge in [0.2, 0.25) is 0 Å². The van der Waals surface area contributed by atoms with Crippen molar-refractivity contribution in [3.63, 3.8) is 0 Å². The summed E-state index contributed by atoms with van der Waals surface area (Å²) in [6.45, 7) is 0.992. The zero-order valence-corrected chi connectivity index (χ0v) is 9.26. The van der Waals surface area contributed by atoms with Crippen molar-refractivity contribution in [3.05, 3.63) is 29.8 Å². The van der Waals surface area contributed by atoms with Crippen molar-refractivity contribution < 1.29 is 19.4 Å². The number of aliphatic carboxylic acids is 1. The van der Waals surface area contributed by atoms with E-state index in [0.29, 0.717) is 24.4 Å². The van der Waals surface area contributed by atoms with Gasteiger partial charge in [0.25, 0.3) is 0 Å². The van der Waals surface area contributed by atoms with Gasteiger partial charge in [-0.25, -0.2) is 4.79 Å². The molecule has 1 aromatic rings. The minimum Gasteiger partial charge on any atom is -0.481 e. The van der Waals surface area contributed by atoms with Crippen LogP contribution in [0.15, 0.2) is 24.3 Å². The summed E-state index contributed by atoms with van der Waals surface area (Å²) in [6, 6.07) is 7.00. The Morgan fingerprint density at radius 1 is 1.41 bits per heavy atom. The fourth-order valence-corrected chi connectivity index (χ4v) is 1.86. The lowest BCUT2D eigenvalue weighted by molar-refractivity contribution is -0.136. The van der Waals surface area contributed by atoms with Crippen LogP contribution in [-0.4, -0.2) is 30.3 Å². The summed E-state index contributed by atoms with van der Waals surface area (Å²) in [5, 5.41) is 8.82. The molecule has 0 bridgehead atoms. The Balaban J connectivity index is 2.30. The summed E-state index contributed by atoms with van der Waals surface area (Å²) in [6.07, 6.45) is 0.252. The lowest BCUT2D eigenvalue weighted by Gasteiger charge is -2.27. The second-order valence-corrected chi connectivity index (χ2v) is 3.82. The van der Waals surface area contributed by atoms with Crippen LogP contribution in [0.5, 0.6) is 0 Å². The molecular weight excluding hydrogens is 222 g/mol. The van der Waals surface area contributed by atoms with E-state index in [1.807, 2.05) is 0 Å². The van der Waals surface area contributed by atoms with Crippen molar-refractivity contribution in [3.8, 4) is 0 Å². The SMILES string of the molecule is O=C(O)Cc1ccccc1N1CCCOC1=O. The molecule has 0 atom stereocenters. The number of cyclic esters (lactones) is 1. The first kappa shape index (κ1) is 11.4. The molecule has 1 amide bonds. The van der Waals surface area contributed by atoms with Crippen LogP contribution in [0.1, 0.15) is 12.0 Å². The van der Waals surface area contributed by atoms with E-state index < -0.39 is 12.1 Å². The summed E-state index contributed by atoms with van der Waals surface area (Å²) < 4.78 is 4.94. The number of carboxylic acids is 1. The Kier molecular flexibility index (Phi) is 3.27. The molecular formula is C12H13NO4. The molecule has 1 fully saturated rings. The number of amides is 1. The number of hydrogen-bond acceptors (Lipinski definition) is 3. The van der Waals surface area contributed by atoms with Crippen LogP contribution in [0.3, 0.4) is 0 Å².